The zero-order valence-electron chi connectivity index (χ0n) is 9.32. The van der Waals surface area contributed by atoms with E-state index in [-0.39, 0.29) is 11.1 Å². The van der Waals surface area contributed by atoms with Crippen molar-refractivity contribution in [2.24, 2.45) is 0 Å². The molecule has 0 aromatic heterocycles. The smallest absolute Gasteiger partial charge is 0.399 e. The number of carbonyl (C=O) groups is 1. The molecule has 0 aromatic rings. The van der Waals surface area contributed by atoms with Crippen LogP contribution >= 0.6 is 0 Å². The van der Waals surface area contributed by atoms with E-state index in [9.17, 15) is 4.79 Å². The van der Waals surface area contributed by atoms with Gasteiger partial charge in [0.25, 0.3) is 0 Å². The first-order chi connectivity index (χ1) is 5.60. The third-order valence-corrected chi connectivity index (χ3v) is 2.02. The summed E-state index contributed by atoms with van der Waals surface area (Å²) in [7, 11) is 0.383. The van der Waals surface area contributed by atoms with Crippen LogP contribution in [-0.2, 0) is 4.74 Å². The fraction of sp³-hybridized carbons (Fsp3) is 0.889. The zero-order valence-corrected chi connectivity index (χ0v) is 10.3. The van der Waals surface area contributed by atoms with Crippen LogP contribution < -0.4 is 4.98 Å². The van der Waals surface area contributed by atoms with Gasteiger partial charge in [-0.05, 0) is 25.8 Å². The minimum absolute atomic E-state index is 0.122. The maximum Gasteiger partial charge on any atom is 0.399 e. The van der Waals surface area contributed by atoms with Gasteiger partial charge in [-0.1, -0.05) is 20.8 Å². The van der Waals surface area contributed by atoms with Crippen molar-refractivity contribution in [3.05, 3.63) is 0 Å². The normalized spacial score (nSPS) is 12.5. The Morgan fingerprint density at radius 2 is 1.62 bits per heavy atom. The Morgan fingerprint density at radius 1 is 1.15 bits per heavy atom. The van der Waals surface area contributed by atoms with Crippen LogP contribution in [0.1, 0.15) is 41.5 Å². The summed E-state index contributed by atoms with van der Waals surface area (Å²) in [4.78, 5) is 13.9. The standard InChI is InChI=1S/C9H19NO2Si/c1-8(2,3)12-7(11)10-13-9(4,5)6/h1-6H3,(H,10,11). The van der Waals surface area contributed by atoms with Gasteiger partial charge >= 0.3 is 6.09 Å². The van der Waals surface area contributed by atoms with Gasteiger partial charge in [0.15, 0.2) is 9.68 Å². The molecule has 0 saturated carbocycles. The topological polar surface area (TPSA) is 38.3 Å². The van der Waals surface area contributed by atoms with Gasteiger partial charge < -0.3 is 9.72 Å². The molecule has 0 atom stereocenters. The molecular formula is C9H19NO2Si. The van der Waals surface area contributed by atoms with Gasteiger partial charge in [0.05, 0.1) is 0 Å². The summed E-state index contributed by atoms with van der Waals surface area (Å²) in [6, 6.07) is 0. The van der Waals surface area contributed by atoms with Crippen molar-refractivity contribution in [1.29, 1.82) is 0 Å². The maximum absolute atomic E-state index is 11.2. The van der Waals surface area contributed by atoms with Gasteiger partial charge in [-0.3, -0.25) is 0 Å². The zero-order chi connectivity index (χ0) is 10.7. The Balaban J connectivity index is 3.78. The molecule has 3 nitrogen and oxygen atoms in total. The third-order valence-electron chi connectivity index (χ3n) is 0.938. The largest absolute Gasteiger partial charge is 0.444 e. The summed E-state index contributed by atoms with van der Waals surface area (Å²) in [5.74, 6) is 0. The van der Waals surface area contributed by atoms with Crippen molar-refractivity contribution in [2.45, 2.75) is 52.2 Å². The van der Waals surface area contributed by atoms with Crippen molar-refractivity contribution in [3.8, 4) is 0 Å². The van der Waals surface area contributed by atoms with Gasteiger partial charge in [0.1, 0.15) is 5.60 Å². The van der Waals surface area contributed by atoms with Gasteiger partial charge in [0, 0.05) is 0 Å². The number of hydrogen-bond acceptors (Lipinski definition) is 2. The summed E-state index contributed by atoms with van der Waals surface area (Å²) in [5.41, 5.74) is -0.410. The molecule has 1 amide bonds. The fourth-order valence-corrected chi connectivity index (χ4v) is 1.07. The van der Waals surface area contributed by atoms with E-state index in [2.05, 4.69) is 25.8 Å². The van der Waals surface area contributed by atoms with E-state index in [4.69, 9.17) is 4.74 Å². The lowest BCUT2D eigenvalue weighted by molar-refractivity contribution is 0.0567. The molecule has 4 heteroatoms. The lowest BCUT2D eigenvalue weighted by atomic mass is 10.2. The number of hydrogen-bond donors (Lipinski definition) is 1. The quantitative estimate of drug-likeness (QED) is 0.661. The van der Waals surface area contributed by atoms with Crippen molar-refractivity contribution < 1.29 is 9.53 Å². The fourth-order valence-electron chi connectivity index (χ4n) is 0.542. The summed E-state index contributed by atoms with van der Waals surface area (Å²) in [6.45, 7) is 11.8. The molecule has 0 fully saturated rings. The molecule has 0 unspecified atom stereocenters. The monoisotopic (exact) mass is 201 g/mol. The lowest BCUT2D eigenvalue weighted by Gasteiger charge is -2.22. The SMILES string of the molecule is CC(C)(C)OC(=O)N[Si]C(C)(C)C. The van der Waals surface area contributed by atoms with Crippen LogP contribution in [0.25, 0.3) is 0 Å². The van der Waals surface area contributed by atoms with E-state index < -0.39 is 5.60 Å². The Bertz CT molecular complexity index is 179. The van der Waals surface area contributed by atoms with Crippen LogP contribution in [0.15, 0.2) is 0 Å². The first kappa shape index (κ1) is 12.5. The molecule has 0 aliphatic heterocycles. The van der Waals surface area contributed by atoms with E-state index >= 15 is 0 Å². The molecule has 0 aliphatic rings. The number of ether oxygens (including phenoxy) is 1. The van der Waals surface area contributed by atoms with Crippen LogP contribution in [0, 0.1) is 0 Å². The van der Waals surface area contributed by atoms with E-state index in [1.165, 1.54) is 0 Å². The average molecular weight is 201 g/mol. The van der Waals surface area contributed by atoms with Gasteiger partial charge in [0.2, 0.25) is 0 Å². The molecular weight excluding hydrogens is 182 g/mol. The van der Waals surface area contributed by atoms with Crippen molar-refractivity contribution in [1.82, 2.24) is 4.98 Å². The number of rotatable bonds is 1. The molecule has 1 N–H and O–H groups in total. The van der Waals surface area contributed by atoms with Crippen LogP contribution in [-0.4, -0.2) is 21.4 Å². The van der Waals surface area contributed by atoms with E-state index in [1.807, 2.05) is 20.8 Å². The minimum atomic E-state index is -0.410. The lowest BCUT2D eigenvalue weighted by Crippen LogP contribution is -2.37. The highest BCUT2D eigenvalue weighted by Gasteiger charge is 2.19. The predicted molar refractivity (Wildman–Crippen MR) is 54.8 cm³/mol. The van der Waals surface area contributed by atoms with Crippen LogP contribution in [0.2, 0.25) is 5.04 Å². The molecule has 0 rings (SSSR count). The van der Waals surface area contributed by atoms with Crippen molar-refractivity contribution >= 4 is 15.8 Å². The summed E-state index contributed by atoms with van der Waals surface area (Å²) >= 11 is 0. The van der Waals surface area contributed by atoms with E-state index in [1.54, 1.807) is 0 Å². The first-order valence-electron chi connectivity index (χ1n) is 4.36. The Kier molecular flexibility index (Phi) is 3.97. The van der Waals surface area contributed by atoms with Crippen molar-refractivity contribution in [3.63, 3.8) is 0 Å². The molecule has 0 spiro atoms. The average Bonchev–Trinajstić information content (AvgIpc) is 1.78. The van der Waals surface area contributed by atoms with Gasteiger partial charge in [-0.25, -0.2) is 4.79 Å². The number of amides is 1. The second-order valence-corrected chi connectivity index (χ2v) is 7.00. The van der Waals surface area contributed by atoms with Crippen LogP contribution in [0.4, 0.5) is 4.79 Å². The van der Waals surface area contributed by atoms with Crippen LogP contribution in [0.5, 0.6) is 0 Å². The molecule has 2 radical (unpaired) electrons. The third kappa shape index (κ3) is 9.40. The second-order valence-electron chi connectivity index (χ2n) is 5.00. The summed E-state index contributed by atoms with van der Waals surface area (Å²) in [6.07, 6.45) is -0.333. The molecule has 0 saturated heterocycles. The Morgan fingerprint density at radius 3 is 1.92 bits per heavy atom. The molecule has 13 heavy (non-hydrogen) atoms. The minimum Gasteiger partial charge on any atom is -0.444 e. The second kappa shape index (κ2) is 4.13. The van der Waals surface area contributed by atoms with Crippen LogP contribution in [0.3, 0.4) is 0 Å². The highest BCUT2D eigenvalue weighted by atomic mass is 28.2. The summed E-state index contributed by atoms with van der Waals surface area (Å²) in [5, 5.41) is 0.122. The molecule has 0 bridgehead atoms. The number of carbonyl (C=O) groups excluding carboxylic acids is 1. The highest BCUT2D eigenvalue weighted by molar-refractivity contribution is 6.40. The molecule has 0 heterocycles. The molecule has 76 valence electrons. The maximum atomic E-state index is 11.2. The predicted octanol–water partition coefficient (Wildman–Crippen LogP) is 2.35. The molecule has 0 aliphatic carbocycles. The summed E-state index contributed by atoms with van der Waals surface area (Å²) < 4.78 is 5.09. The van der Waals surface area contributed by atoms with Crippen molar-refractivity contribution in [2.75, 3.05) is 0 Å². The van der Waals surface area contributed by atoms with Gasteiger partial charge in [-0.15, -0.1) is 0 Å². The van der Waals surface area contributed by atoms with E-state index in [0.29, 0.717) is 9.68 Å². The number of nitrogens with one attached hydrogen (secondary N) is 1. The Hall–Kier alpha value is -0.513. The Labute approximate surface area is 83.1 Å². The van der Waals surface area contributed by atoms with E-state index in [0.717, 1.165) is 0 Å². The molecule has 0 aromatic carbocycles. The highest BCUT2D eigenvalue weighted by Crippen LogP contribution is 2.18. The first-order valence-corrected chi connectivity index (χ1v) is 5.36. The van der Waals surface area contributed by atoms with Gasteiger partial charge in [-0.2, -0.15) is 0 Å².